The highest BCUT2D eigenvalue weighted by Gasteiger charge is 2.11. The zero-order valence-electron chi connectivity index (χ0n) is 13.8. The molecule has 0 unspecified atom stereocenters. The highest BCUT2D eigenvalue weighted by Crippen LogP contribution is 2.18. The summed E-state index contributed by atoms with van der Waals surface area (Å²) in [5, 5.41) is 12.5. The number of hydrogen-bond acceptors (Lipinski definition) is 5. The Balaban J connectivity index is 1.77. The van der Waals surface area contributed by atoms with Gasteiger partial charge in [0.25, 0.3) is 5.91 Å². The van der Waals surface area contributed by atoms with Gasteiger partial charge in [0.1, 0.15) is 10.7 Å². The van der Waals surface area contributed by atoms with Gasteiger partial charge in [-0.1, -0.05) is 56.4 Å². The summed E-state index contributed by atoms with van der Waals surface area (Å²) in [6.07, 6.45) is 8.49. The number of aromatic nitrogens is 3. The van der Waals surface area contributed by atoms with Crippen molar-refractivity contribution in [2.24, 2.45) is 0 Å². The Kier molecular flexibility index (Phi) is 7.13. The number of nitrogens with one attached hydrogen (secondary N) is 1. The lowest BCUT2D eigenvalue weighted by Crippen LogP contribution is -2.13. The van der Waals surface area contributed by atoms with Gasteiger partial charge in [-0.05, 0) is 25.5 Å². The Hall–Kier alpha value is -1.82. The van der Waals surface area contributed by atoms with Crippen LogP contribution in [-0.2, 0) is 6.42 Å². The number of unbranched alkanes of at least 4 members (excludes halogenated alkanes) is 5. The monoisotopic (exact) mass is 332 g/mol. The molecule has 0 aromatic carbocycles. The first-order valence-electron chi connectivity index (χ1n) is 8.26. The molecule has 0 bridgehead atoms. The molecule has 0 fully saturated rings. The maximum atomic E-state index is 12.1. The van der Waals surface area contributed by atoms with Crippen LogP contribution < -0.4 is 5.32 Å². The average Bonchev–Trinajstić information content (AvgIpc) is 2.98. The van der Waals surface area contributed by atoms with Crippen molar-refractivity contribution in [3.05, 3.63) is 34.6 Å². The summed E-state index contributed by atoms with van der Waals surface area (Å²) in [5.74, 6) is -0.240. The second-order valence-electron chi connectivity index (χ2n) is 5.64. The normalized spacial score (nSPS) is 10.7. The van der Waals surface area contributed by atoms with E-state index in [1.165, 1.54) is 43.4 Å². The first-order chi connectivity index (χ1) is 11.2. The zero-order chi connectivity index (χ0) is 16.5. The molecule has 0 aliphatic heterocycles. The van der Waals surface area contributed by atoms with Crippen LogP contribution in [0.25, 0.3) is 0 Å². The number of pyridine rings is 1. The molecular weight excluding hydrogens is 308 g/mol. The summed E-state index contributed by atoms with van der Waals surface area (Å²) < 4.78 is 0. The Morgan fingerprint density at radius 1 is 1.13 bits per heavy atom. The van der Waals surface area contributed by atoms with Crippen LogP contribution in [0.3, 0.4) is 0 Å². The summed E-state index contributed by atoms with van der Waals surface area (Å²) in [6.45, 7) is 4.09. The molecule has 0 saturated carbocycles. The van der Waals surface area contributed by atoms with E-state index < -0.39 is 0 Å². The number of anilines is 1. The molecule has 2 aromatic heterocycles. The predicted molar refractivity (Wildman–Crippen MR) is 93.9 cm³/mol. The van der Waals surface area contributed by atoms with E-state index >= 15 is 0 Å². The molecule has 124 valence electrons. The Bertz CT molecular complexity index is 627. The second kappa shape index (κ2) is 9.35. The number of rotatable bonds is 9. The van der Waals surface area contributed by atoms with Crippen molar-refractivity contribution in [1.29, 1.82) is 0 Å². The van der Waals surface area contributed by atoms with Crippen molar-refractivity contribution < 1.29 is 4.79 Å². The summed E-state index contributed by atoms with van der Waals surface area (Å²) >= 11 is 1.45. The fraction of sp³-hybridized carbons (Fsp3) is 0.529. The van der Waals surface area contributed by atoms with E-state index in [1.54, 1.807) is 6.07 Å². The van der Waals surface area contributed by atoms with E-state index in [2.05, 4.69) is 27.4 Å². The van der Waals surface area contributed by atoms with Gasteiger partial charge in [-0.3, -0.25) is 10.1 Å². The molecule has 0 aliphatic rings. The molecule has 0 saturated heterocycles. The SMILES string of the molecule is CCCCCCCCc1nnc(NC(=O)c2cccc(C)n2)s1. The molecule has 0 spiro atoms. The summed E-state index contributed by atoms with van der Waals surface area (Å²) in [7, 11) is 0. The van der Waals surface area contributed by atoms with E-state index in [0.29, 0.717) is 10.8 Å². The fourth-order valence-corrected chi connectivity index (χ4v) is 3.07. The quantitative estimate of drug-likeness (QED) is 0.691. The molecule has 23 heavy (non-hydrogen) atoms. The molecule has 6 heteroatoms. The molecular formula is C17H24N4OS. The highest BCUT2D eigenvalue weighted by atomic mass is 32.1. The molecule has 0 atom stereocenters. The van der Waals surface area contributed by atoms with Crippen LogP contribution in [-0.4, -0.2) is 21.1 Å². The van der Waals surface area contributed by atoms with Crippen LogP contribution in [0.5, 0.6) is 0 Å². The molecule has 0 radical (unpaired) electrons. The van der Waals surface area contributed by atoms with Gasteiger partial charge in [-0.15, -0.1) is 10.2 Å². The fourth-order valence-electron chi connectivity index (χ4n) is 2.29. The number of hydrogen-bond donors (Lipinski definition) is 1. The third-order valence-corrected chi connectivity index (χ3v) is 4.45. The van der Waals surface area contributed by atoms with Gasteiger partial charge >= 0.3 is 0 Å². The van der Waals surface area contributed by atoms with Gasteiger partial charge < -0.3 is 0 Å². The van der Waals surface area contributed by atoms with E-state index in [-0.39, 0.29) is 5.91 Å². The third kappa shape index (κ3) is 6.06. The maximum Gasteiger partial charge on any atom is 0.276 e. The maximum absolute atomic E-state index is 12.1. The van der Waals surface area contributed by atoms with Crippen LogP contribution >= 0.6 is 11.3 Å². The minimum absolute atomic E-state index is 0.240. The summed E-state index contributed by atoms with van der Waals surface area (Å²) in [6, 6.07) is 5.38. The minimum atomic E-state index is -0.240. The lowest BCUT2D eigenvalue weighted by molar-refractivity contribution is 0.102. The number of amides is 1. The highest BCUT2D eigenvalue weighted by molar-refractivity contribution is 7.15. The molecule has 2 heterocycles. The topological polar surface area (TPSA) is 67.8 Å². The van der Waals surface area contributed by atoms with Crippen LogP contribution in [0.4, 0.5) is 5.13 Å². The van der Waals surface area contributed by atoms with Crippen LogP contribution in [0, 0.1) is 6.92 Å². The van der Waals surface area contributed by atoms with Crippen molar-refractivity contribution >= 4 is 22.4 Å². The molecule has 1 amide bonds. The van der Waals surface area contributed by atoms with E-state index in [4.69, 9.17) is 0 Å². The molecule has 5 nitrogen and oxygen atoms in total. The number of carbonyl (C=O) groups excluding carboxylic acids is 1. The van der Waals surface area contributed by atoms with Gasteiger partial charge in [0, 0.05) is 12.1 Å². The summed E-state index contributed by atoms with van der Waals surface area (Å²) in [4.78, 5) is 16.3. The molecule has 1 N–H and O–H groups in total. The Morgan fingerprint density at radius 3 is 2.70 bits per heavy atom. The van der Waals surface area contributed by atoms with Crippen molar-refractivity contribution in [3.63, 3.8) is 0 Å². The predicted octanol–water partition coefficient (Wildman–Crippen LogP) is 4.40. The van der Waals surface area contributed by atoms with Gasteiger partial charge in [0.2, 0.25) is 5.13 Å². The van der Waals surface area contributed by atoms with Crippen molar-refractivity contribution in [1.82, 2.24) is 15.2 Å². The van der Waals surface area contributed by atoms with Gasteiger partial charge in [-0.2, -0.15) is 0 Å². The van der Waals surface area contributed by atoms with Crippen LogP contribution in [0.2, 0.25) is 0 Å². The third-order valence-electron chi connectivity index (χ3n) is 3.55. The van der Waals surface area contributed by atoms with E-state index in [1.807, 2.05) is 19.1 Å². The average molecular weight is 332 g/mol. The lowest BCUT2D eigenvalue weighted by Gasteiger charge is -2.01. The molecule has 2 rings (SSSR count). The zero-order valence-corrected chi connectivity index (χ0v) is 14.7. The van der Waals surface area contributed by atoms with Gasteiger partial charge in [0.05, 0.1) is 0 Å². The van der Waals surface area contributed by atoms with E-state index in [9.17, 15) is 4.79 Å². The number of nitrogens with zero attached hydrogens (tertiary/aromatic N) is 3. The first-order valence-corrected chi connectivity index (χ1v) is 9.08. The molecule has 0 aliphatic carbocycles. The molecule has 2 aromatic rings. The standard InChI is InChI=1S/C17H24N4OS/c1-3-4-5-6-7-8-12-15-20-21-17(23-15)19-16(22)14-11-9-10-13(2)18-14/h9-11H,3-8,12H2,1-2H3,(H,19,21,22). The smallest absolute Gasteiger partial charge is 0.276 e. The largest absolute Gasteiger partial charge is 0.295 e. The second-order valence-corrected chi connectivity index (χ2v) is 6.70. The van der Waals surface area contributed by atoms with Crippen molar-refractivity contribution in [2.45, 2.75) is 58.8 Å². The number of carbonyl (C=O) groups is 1. The van der Waals surface area contributed by atoms with Gasteiger partial charge in [-0.25, -0.2) is 4.98 Å². The van der Waals surface area contributed by atoms with E-state index in [0.717, 1.165) is 23.5 Å². The first kappa shape index (κ1) is 17.5. The van der Waals surface area contributed by atoms with Crippen LogP contribution in [0.1, 0.15) is 66.6 Å². The Morgan fingerprint density at radius 2 is 1.91 bits per heavy atom. The lowest BCUT2D eigenvalue weighted by atomic mass is 10.1. The Labute approximate surface area is 141 Å². The minimum Gasteiger partial charge on any atom is -0.295 e. The van der Waals surface area contributed by atoms with Crippen molar-refractivity contribution in [3.8, 4) is 0 Å². The van der Waals surface area contributed by atoms with Gasteiger partial charge in [0.15, 0.2) is 0 Å². The van der Waals surface area contributed by atoms with Crippen molar-refractivity contribution in [2.75, 3.05) is 5.32 Å². The number of aryl methyl sites for hydroxylation is 2. The van der Waals surface area contributed by atoms with Crippen LogP contribution in [0.15, 0.2) is 18.2 Å². The summed E-state index contributed by atoms with van der Waals surface area (Å²) in [5.41, 5.74) is 1.22.